The van der Waals surface area contributed by atoms with Crippen LogP contribution in [0.5, 0.6) is 5.75 Å². The number of rotatable bonds is 6. The van der Waals surface area contributed by atoms with Gasteiger partial charge >= 0.3 is 0 Å². The van der Waals surface area contributed by atoms with E-state index in [1.54, 1.807) is 41.1 Å². The predicted molar refractivity (Wildman–Crippen MR) is 130 cm³/mol. The van der Waals surface area contributed by atoms with Crippen molar-refractivity contribution < 1.29 is 19.4 Å². The van der Waals surface area contributed by atoms with Crippen LogP contribution in [0.25, 0.3) is 11.1 Å². The highest BCUT2D eigenvalue weighted by Crippen LogP contribution is 2.48. The van der Waals surface area contributed by atoms with Gasteiger partial charge in [-0.3, -0.25) is 14.4 Å². The molecule has 1 fully saturated rings. The van der Waals surface area contributed by atoms with E-state index in [1.165, 1.54) is 13.3 Å². The molecule has 2 amide bonds. The van der Waals surface area contributed by atoms with Crippen molar-refractivity contribution in [2.24, 2.45) is 11.8 Å². The van der Waals surface area contributed by atoms with Crippen molar-refractivity contribution in [3.63, 3.8) is 0 Å². The smallest absolute Gasteiger partial charge is 0.258 e. The first-order valence-corrected chi connectivity index (χ1v) is 11.7. The van der Waals surface area contributed by atoms with Crippen molar-refractivity contribution in [2.45, 2.75) is 32.1 Å². The van der Waals surface area contributed by atoms with Crippen LogP contribution in [0.2, 0.25) is 0 Å². The van der Waals surface area contributed by atoms with E-state index in [2.05, 4.69) is 15.3 Å². The maximum absolute atomic E-state index is 13.5. The number of nitrogens with one attached hydrogen (secondary N) is 1. The second kappa shape index (κ2) is 9.54. The molecule has 3 aromatic rings. The lowest BCUT2D eigenvalue weighted by molar-refractivity contribution is -0.134. The van der Waals surface area contributed by atoms with Crippen LogP contribution in [0.3, 0.4) is 0 Å². The van der Waals surface area contributed by atoms with Crippen molar-refractivity contribution in [1.29, 1.82) is 0 Å². The molecule has 2 aromatic heterocycles. The number of pyridine rings is 1. The Morgan fingerprint density at radius 1 is 1.19 bits per heavy atom. The van der Waals surface area contributed by atoms with Crippen molar-refractivity contribution >= 4 is 11.8 Å². The highest BCUT2D eigenvalue weighted by molar-refractivity contribution is 5.83. The normalized spacial score (nSPS) is 22.1. The molecule has 1 saturated heterocycles. The first-order valence-electron chi connectivity index (χ1n) is 11.7. The summed E-state index contributed by atoms with van der Waals surface area (Å²) in [5.41, 5.74) is 2.22. The van der Waals surface area contributed by atoms with Gasteiger partial charge in [-0.25, -0.2) is 9.97 Å². The molecule has 36 heavy (non-hydrogen) atoms. The molecule has 2 bridgehead atoms. The third-order valence-corrected chi connectivity index (χ3v) is 7.18. The van der Waals surface area contributed by atoms with Gasteiger partial charge in [0.25, 0.3) is 5.56 Å². The molecule has 4 atom stereocenters. The van der Waals surface area contributed by atoms with Crippen LogP contribution >= 0.6 is 0 Å². The van der Waals surface area contributed by atoms with Crippen molar-refractivity contribution in [3.05, 3.63) is 76.7 Å². The Morgan fingerprint density at radius 3 is 2.67 bits per heavy atom. The molecule has 0 spiro atoms. The average Bonchev–Trinajstić information content (AvgIpc) is 3.15. The Kier molecular flexibility index (Phi) is 6.27. The Balaban J connectivity index is 1.51. The summed E-state index contributed by atoms with van der Waals surface area (Å²) in [5.74, 6) is -1.04. The number of carbonyl (C=O) groups is 2. The molecule has 2 N–H and O–H groups in total. The maximum atomic E-state index is 13.5. The molecular weight excluding hydrogens is 462 g/mol. The summed E-state index contributed by atoms with van der Waals surface area (Å²) >= 11 is 0. The molecular formula is C26H27N5O5. The molecule has 10 nitrogen and oxygen atoms in total. The zero-order valence-corrected chi connectivity index (χ0v) is 20.0. The van der Waals surface area contributed by atoms with Gasteiger partial charge in [-0.05, 0) is 29.8 Å². The van der Waals surface area contributed by atoms with Gasteiger partial charge in [0, 0.05) is 56.2 Å². The van der Waals surface area contributed by atoms with Crippen LogP contribution in [-0.4, -0.2) is 56.1 Å². The highest BCUT2D eigenvalue weighted by Gasteiger charge is 2.56. The third-order valence-electron chi connectivity index (χ3n) is 7.18. The minimum Gasteiger partial charge on any atom is -0.497 e. The Hall–Kier alpha value is -4.05. The van der Waals surface area contributed by atoms with Gasteiger partial charge in [-0.2, -0.15) is 0 Å². The number of amides is 2. The fraction of sp³-hybridized carbons (Fsp3) is 0.346. The summed E-state index contributed by atoms with van der Waals surface area (Å²) in [6.45, 7) is 1.62. The average molecular weight is 490 g/mol. The number of aliphatic hydroxyl groups excluding tert-OH is 1. The van der Waals surface area contributed by atoms with Crippen molar-refractivity contribution in [2.75, 3.05) is 13.7 Å². The van der Waals surface area contributed by atoms with Gasteiger partial charge in [0.05, 0.1) is 30.7 Å². The van der Waals surface area contributed by atoms with E-state index in [1.807, 2.05) is 24.3 Å². The summed E-state index contributed by atoms with van der Waals surface area (Å²) in [6.07, 6.45) is 4.54. The fourth-order valence-electron chi connectivity index (χ4n) is 5.58. The summed E-state index contributed by atoms with van der Waals surface area (Å²) < 4.78 is 6.87. The quantitative estimate of drug-likeness (QED) is 0.532. The largest absolute Gasteiger partial charge is 0.497 e. The van der Waals surface area contributed by atoms with Crippen LogP contribution in [0.1, 0.15) is 24.2 Å². The molecule has 10 heteroatoms. The minimum atomic E-state index is -0.714. The van der Waals surface area contributed by atoms with Crippen LogP contribution < -0.4 is 15.6 Å². The summed E-state index contributed by atoms with van der Waals surface area (Å²) in [6, 6.07) is 9.69. The van der Waals surface area contributed by atoms with Crippen LogP contribution in [0.4, 0.5) is 0 Å². The van der Waals surface area contributed by atoms with E-state index in [-0.39, 0.29) is 37.1 Å². The highest BCUT2D eigenvalue weighted by atomic mass is 16.5. The molecule has 2 aliphatic rings. The van der Waals surface area contributed by atoms with Gasteiger partial charge in [0.1, 0.15) is 12.1 Å². The van der Waals surface area contributed by atoms with Crippen LogP contribution in [0.15, 0.2) is 59.9 Å². The lowest BCUT2D eigenvalue weighted by atomic mass is 9.86. The van der Waals surface area contributed by atoms with Crippen molar-refractivity contribution in [3.8, 4) is 16.9 Å². The van der Waals surface area contributed by atoms with Gasteiger partial charge < -0.3 is 24.6 Å². The van der Waals surface area contributed by atoms with E-state index >= 15 is 0 Å². The monoisotopic (exact) mass is 489 g/mol. The Bertz CT molecular complexity index is 1360. The molecule has 4 heterocycles. The number of methoxy groups -OCH3 is 1. The number of hydrogen-bond donors (Lipinski definition) is 2. The Labute approximate surface area is 207 Å². The molecule has 0 unspecified atom stereocenters. The summed E-state index contributed by atoms with van der Waals surface area (Å²) in [5, 5.41) is 13.3. The first-order chi connectivity index (χ1) is 17.4. The topological polar surface area (TPSA) is 127 Å². The second-order valence-corrected chi connectivity index (χ2v) is 9.09. The summed E-state index contributed by atoms with van der Waals surface area (Å²) in [7, 11) is 1.58. The van der Waals surface area contributed by atoms with Gasteiger partial charge in [-0.1, -0.05) is 12.1 Å². The standard InChI is InChI=1S/C26H27N5O5/c1-15(33)31-22-12-30-21(7-6-19(26(30)35)17-10-27-14-28-11-17)24(31)23(20(22)13-32)25(34)29-9-16-4-3-5-18(8-16)36-2/h3-8,10-11,14,20,22-24,32H,9,12-13H2,1-2H3,(H,29,34)/t20-,22-,23+,24+/m1/s1. The fourth-order valence-corrected chi connectivity index (χ4v) is 5.58. The SMILES string of the molecule is COc1cccc(CNC(=O)[C@H]2[C@H](CO)[C@H]3Cn4c(ccc(-c5cncnc5)c4=O)[C@@H]2N3C(C)=O)c1. The number of aliphatic hydroxyl groups is 1. The molecule has 0 radical (unpaired) electrons. The molecule has 0 aliphatic carbocycles. The number of benzene rings is 1. The van der Waals surface area contributed by atoms with E-state index in [4.69, 9.17) is 4.74 Å². The minimum absolute atomic E-state index is 0.191. The predicted octanol–water partition coefficient (Wildman–Crippen LogP) is 1.14. The van der Waals surface area contributed by atoms with Crippen LogP contribution in [0, 0.1) is 11.8 Å². The first kappa shape index (κ1) is 23.7. The zero-order chi connectivity index (χ0) is 25.4. The van der Waals surface area contributed by atoms with Crippen molar-refractivity contribution in [1.82, 2.24) is 24.8 Å². The van der Waals surface area contributed by atoms with E-state index in [9.17, 15) is 19.5 Å². The van der Waals surface area contributed by atoms with E-state index < -0.39 is 23.9 Å². The number of aromatic nitrogens is 3. The van der Waals surface area contributed by atoms with E-state index in [0.717, 1.165) is 5.56 Å². The molecule has 2 aliphatic heterocycles. The molecule has 0 saturated carbocycles. The van der Waals surface area contributed by atoms with E-state index in [0.29, 0.717) is 22.6 Å². The molecule has 1 aromatic carbocycles. The van der Waals surface area contributed by atoms with Gasteiger partial charge in [0.15, 0.2) is 0 Å². The summed E-state index contributed by atoms with van der Waals surface area (Å²) in [4.78, 5) is 49.4. The number of carbonyl (C=O) groups excluding carboxylic acids is 2. The van der Waals surface area contributed by atoms with Gasteiger partial charge in [0.2, 0.25) is 11.8 Å². The Morgan fingerprint density at radius 2 is 1.97 bits per heavy atom. The third kappa shape index (κ3) is 3.93. The number of fused-ring (bicyclic) bond motifs is 4. The molecule has 5 rings (SSSR count). The number of ether oxygens (including phenoxy) is 1. The molecule has 186 valence electrons. The van der Waals surface area contributed by atoms with Gasteiger partial charge in [-0.15, -0.1) is 0 Å². The maximum Gasteiger partial charge on any atom is 0.258 e. The zero-order valence-electron chi connectivity index (χ0n) is 20.0. The number of nitrogens with zero attached hydrogens (tertiary/aromatic N) is 4. The number of hydrogen-bond acceptors (Lipinski definition) is 7. The lowest BCUT2D eigenvalue weighted by Crippen LogP contribution is -2.48. The lowest BCUT2D eigenvalue weighted by Gasteiger charge is -2.37. The van der Waals surface area contributed by atoms with Crippen LogP contribution in [-0.2, 0) is 22.7 Å². The second-order valence-electron chi connectivity index (χ2n) is 9.09.